The van der Waals surface area contributed by atoms with Gasteiger partial charge in [-0.15, -0.1) is 0 Å². The predicted octanol–water partition coefficient (Wildman–Crippen LogP) is -2.41. The molecule has 3 rings (SSSR count). The molecule has 0 saturated carbocycles. The lowest BCUT2D eigenvalue weighted by Crippen LogP contribution is -2.34. The molecule has 2 aromatic heterocycles. The lowest BCUT2D eigenvalue weighted by Gasteiger charge is -2.16. The Morgan fingerprint density at radius 3 is 1.76 bits per heavy atom. The Labute approximate surface area is 139 Å². The first kappa shape index (κ1) is 17.7. The van der Waals surface area contributed by atoms with Crippen molar-refractivity contribution >= 4 is 24.3 Å². The van der Waals surface area contributed by atoms with Crippen molar-refractivity contribution in [2.24, 2.45) is 9.98 Å². The molecule has 25 heavy (non-hydrogen) atoms. The van der Waals surface area contributed by atoms with Crippen molar-refractivity contribution in [2.45, 2.75) is 25.4 Å². The highest BCUT2D eigenvalue weighted by Gasteiger charge is 2.23. The van der Waals surface area contributed by atoms with Crippen LogP contribution in [0.25, 0.3) is 0 Å². The molecule has 132 valence electrons. The molecule has 0 aliphatic carbocycles. The standard InChI is InChI=1S/C9H13N7.C3H3N3O3/c1-9(12-4-5-13-9)3-2-6-14-7(10)16-8(11)15-6;7-1-4-2(8)6-3(9)5-1/h4-5H,2-3H2,1H3,(H4,10,11,14,15,16);(H3,4,5,6,7,8,9). The molecule has 0 spiro atoms. The minimum atomic E-state index is -0.802. The molecular formula is C12H16N10O3. The first-order chi connectivity index (χ1) is 11.8. The van der Waals surface area contributed by atoms with Gasteiger partial charge >= 0.3 is 17.1 Å². The highest BCUT2D eigenvalue weighted by molar-refractivity contribution is 6.17. The van der Waals surface area contributed by atoms with Crippen LogP contribution in [0.4, 0.5) is 11.9 Å². The SMILES string of the molecule is CC1(CCc2nc(N)nc(N)n2)N=CC=N1.O=c1[nH]c(=O)[nH]c(=O)[nH]1. The fraction of sp³-hybridized carbons (Fsp3) is 0.333. The third-order valence-corrected chi connectivity index (χ3v) is 2.99. The Balaban J connectivity index is 0.000000212. The summed E-state index contributed by atoms with van der Waals surface area (Å²) in [6.07, 6.45) is 4.71. The molecule has 0 unspecified atom stereocenters. The molecule has 1 aliphatic heterocycles. The number of rotatable bonds is 3. The van der Waals surface area contributed by atoms with Crippen LogP contribution in [0.3, 0.4) is 0 Å². The molecule has 0 atom stereocenters. The Bertz CT molecular complexity index is 859. The van der Waals surface area contributed by atoms with Crippen LogP contribution in [0.1, 0.15) is 19.2 Å². The van der Waals surface area contributed by atoms with Crippen LogP contribution in [-0.4, -0.2) is 48.0 Å². The van der Waals surface area contributed by atoms with E-state index in [-0.39, 0.29) is 11.9 Å². The van der Waals surface area contributed by atoms with Gasteiger partial charge in [-0.3, -0.25) is 24.9 Å². The highest BCUT2D eigenvalue weighted by atomic mass is 16.2. The molecule has 1 aliphatic rings. The molecule has 0 fully saturated rings. The number of nitrogens with zero attached hydrogens (tertiary/aromatic N) is 5. The van der Waals surface area contributed by atoms with E-state index >= 15 is 0 Å². The number of aromatic amines is 3. The van der Waals surface area contributed by atoms with Gasteiger partial charge in [0.25, 0.3) is 0 Å². The number of nitrogens with two attached hydrogens (primary N) is 2. The number of aryl methyl sites for hydroxylation is 1. The van der Waals surface area contributed by atoms with Crippen molar-refractivity contribution in [3.8, 4) is 0 Å². The summed E-state index contributed by atoms with van der Waals surface area (Å²) in [4.78, 5) is 56.1. The molecular weight excluding hydrogens is 332 g/mol. The summed E-state index contributed by atoms with van der Waals surface area (Å²) in [5.74, 6) is 0.862. The molecule has 0 amide bonds. The predicted molar refractivity (Wildman–Crippen MR) is 90.7 cm³/mol. The van der Waals surface area contributed by atoms with Crippen LogP contribution in [-0.2, 0) is 6.42 Å². The van der Waals surface area contributed by atoms with Crippen molar-refractivity contribution in [3.05, 3.63) is 37.3 Å². The number of anilines is 2. The summed E-state index contributed by atoms with van der Waals surface area (Å²) in [6, 6.07) is 0. The van der Waals surface area contributed by atoms with Gasteiger partial charge in [0.2, 0.25) is 11.9 Å². The van der Waals surface area contributed by atoms with Gasteiger partial charge in [0.15, 0.2) is 0 Å². The van der Waals surface area contributed by atoms with E-state index in [1.165, 1.54) is 0 Å². The third kappa shape index (κ3) is 5.49. The van der Waals surface area contributed by atoms with E-state index in [9.17, 15) is 14.4 Å². The van der Waals surface area contributed by atoms with Gasteiger partial charge in [-0.25, -0.2) is 14.4 Å². The van der Waals surface area contributed by atoms with E-state index in [1.807, 2.05) is 6.92 Å². The summed E-state index contributed by atoms with van der Waals surface area (Å²) >= 11 is 0. The maximum absolute atomic E-state index is 10.2. The maximum Gasteiger partial charge on any atom is 0.330 e. The van der Waals surface area contributed by atoms with Crippen LogP contribution >= 0.6 is 0 Å². The summed E-state index contributed by atoms with van der Waals surface area (Å²) in [6.45, 7) is 1.95. The van der Waals surface area contributed by atoms with E-state index in [2.05, 4.69) is 24.9 Å². The number of aliphatic imine (C=N–C) groups is 2. The van der Waals surface area contributed by atoms with Gasteiger partial charge in [0.1, 0.15) is 11.5 Å². The van der Waals surface area contributed by atoms with Crippen LogP contribution in [0.2, 0.25) is 0 Å². The molecule has 7 N–H and O–H groups in total. The Morgan fingerprint density at radius 1 is 0.880 bits per heavy atom. The van der Waals surface area contributed by atoms with Gasteiger partial charge < -0.3 is 11.5 Å². The molecule has 13 nitrogen and oxygen atoms in total. The molecule has 2 aromatic rings. The average Bonchev–Trinajstić information content (AvgIpc) is 2.91. The van der Waals surface area contributed by atoms with Crippen molar-refractivity contribution in [2.75, 3.05) is 11.5 Å². The van der Waals surface area contributed by atoms with E-state index in [4.69, 9.17) is 11.5 Å². The van der Waals surface area contributed by atoms with Crippen LogP contribution < -0.4 is 28.5 Å². The van der Waals surface area contributed by atoms with Crippen LogP contribution in [0.5, 0.6) is 0 Å². The fourth-order valence-corrected chi connectivity index (χ4v) is 1.87. The van der Waals surface area contributed by atoms with Crippen molar-refractivity contribution in [1.82, 2.24) is 29.9 Å². The van der Waals surface area contributed by atoms with E-state index in [0.29, 0.717) is 18.7 Å². The largest absolute Gasteiger partial charge is 0.368 e. The number of hydrogen-bond donors (Lipinski definition) is 5. The second-order valence-electron chi connectivity index (χ2n) is 5.10. The monoisotopic (exact) mass is 348 g/mol. The zero-order valence-electron chi connectivity index (χ0n) is 13.2. The summed E-state index contributed by atoms with van der Waals surface area (Å²) in [5.41, 5.74) is 8.14. The second kappa shape index (κ2) is 7.29. The number of nitrogen functional groups attached to an aromatic ring is 2. The third-order valence-electron chi connectivity index (χ3n) is 2.99. The first-order valence-electron chi connectivity index (χ1n) is 7.04. The molecule has 0 bridgehead atoms. The van der Waals surface area contributed by atoms with Crippen molar-refractivity contribution in [3.63, 3.8) is 0 Å². The molecule has 0 aromatic carbocycles. The van der Waals surface area contributed by atoms with Gasteiger partial charge in [0.05, 0.1) is 0 Å². The Morgan fingerprint density at radius 2 is 1.32 bits per heavy atom. The fourth-order valence-electron chi connectivity index (χ4n) is 1.87. The minimum absolute atomic E-state index is 0.145. The minimum Gasteiger partial charge on any atom is -0.368 e. The molecule has 3 heterocycles. The molecule has 13 heteroatoms. The number of nitrogens with one attached hydrogen (secondary N) is 3. The Kier molecular flexibility index (Phi) is 5.16. The zero-order chi connectivity index (χ0) is 18.4. The maximum atomic E-state index is 10.2. The van der Waals surface area contributed by atoms with Gasteiger partial charge in [-0.2, -0.15) is 15.0 Å². The number of hydrogen-bond acceptors (Lipinski definition) is 10. The second-order valence-corrected chi connectivity index (χ2v) is 5.10. The summed E-state index contributed by atoms with van der Waals surface area (Å²) in [5, 5.41) is 0. The highest BCUT2D eigenvalue weighted by Crippen LogP contribution is 2.21. The number of H-pyrrole nitrogens is 3. The van der Waals surface area contributed by atoms with Crippen molar-refractivity contribution < 1.29 is 0 Å². The first-order valence-corrected chi connectivity index (χ1v) is 7.04. The summed E-state index contributed by atoms with van der Waals surface area (Å²) in [7, 11) is 0. The van der Waals surface area contributed by atoms with E-state index in [0.717, 1.165) is 0 Å². The molecule has 0 saturated heterocycles. The van der Waals surface area contributed by atoms with Gasteiger partial charge in [-0.1, -0.05) is 0 Å². The van der Waals surface area contributed by atoms with E-state index < -0.39 is 22.7 Å². The zero-order valence-corrected chi connectivity index (χ0v) is 13.2. The average molecular weight is 348 g/mol. The lowest BCUT2D eigenvalue weighted by molar-refractivity contribution is 0.463. The normalized spacial score (nSPS) is 14.1. The topological polar surface area (TPSA) is 214 Å². The number of aromatic nitrogens is 6. The smallest absolute Gasteiger partial charge is 0.330 e. The van der Waals surface area contributed by atoms with Crippen LogP contribution in [0, 0.1) is 0 Å². The lowest BCUT2D eigenvalue weighted by atomic mass is 10.1. The van der Waals surface area contributed by atoms with Gasteiger partial charge in [0, 0.05) is 18.9 Å². The van der Waals surface area contributed by atoms with Gasteiger partial charge in [-0.05, 0) is 13.3 Å². The van der Waals surface area contributed by atoms with Crippen molar-refractivity contribution in [1.29, 1.82) is 0 Å². The van der Waals surface area contributed by atoms with Crippen LogP contribution in [0.15, 0.2) is 24.4 Å². The Hall–Kier alpha value is -3.64. The van der Waals surface area contributed by atoms with E-state index in [1.54, 1.807) is 27.4 Å². The quantitative estimate of drug-likeness (QED) is 0.401. The molecule has 0 radical (unpaired) electrons. The summed E-state index contributed by atoms with van der Waals surface area (Å²) < 4.78 is 0.